The van der Waals surface area contributed by atoms with Crippen LogP contribution < -0.4 is 4.90 Å². The molecule has 3 saturated heterocycles. The number of likely N-dealkylation sites (tertiary alicyclic amines) is 1. The van der Waals surface area contributed by atoms with E-state index in [-0.39, 0.29) is 44.1 Å². The van der Waals surface area contributed by atoms with Gasteiger partial charge in [-0.25, -0.2) is 0 Å². The molecule has 34 heavy (non-hydrogen) atoms. The standard InChI is InChI=1S/C25H31ClN2O5S/c1-4-13-27(17-10-7-6-9-16(17)26)22(31)20-25-12-11-24(3,34-25)19(23(32)33-5-2)18(25)21(30)28(20)14-8-15-29/h4,6-7,9-10,18-20,29H,1,5,8,11-15H2,2-3H3/t18-,19+,20?,24-,25?/m0/s1. The molecule has 0 radical (unpaired) electrons. The average Bonchev–Trinajstić information content (AvgIpc) is 3.37. The highest BCUT2D eigenvalue weighted by Crippen LogP contribution is 2.71. The van der Waals surface area contributed by atoms with Crippen molar-refractivity contribution in [1.82, 2.24) is 4.90 Å². The Labute approximate surface area is 209 Å². The molecule has 0 saturated carbocycles. The number of esters is 1. The smallest absolute Gasteiger partial charge is 0.311 e. The van der Waals surface area contributed by atoms with Crippen molar-refractivity contribution in [3.05, 3.63) is 41.9 Å². The number of halogens is 1. The Morgan fingerprint density at radius 2 is 2.12 bits per heavy atom. The fourth-order valence-electron chi connectivity index (χ4n) is 6.03. The SMILES string of the molecule is C=CCN(C(=O)C1N(CCCO)C(=O)[C@@H]2[C@H](C(=O)OCC)[C@]3(C)CCC12S3)c1ccccc1Cl. The maximum Gasteiger partial charge on any atom is 0.311 e. The quantitative estimate of drug-likeness (QED) is 0.408. The van der Waals surface area contributed by atoms with Crippen LogP contribution in [0.5, 0.6) is 0 Å². The molecule has 3 aliphatic heterocycles. The Bertz CT molecular complexity index is 1010. The molecule has 5 atom stereocenters. The molecule has 1 aromatic rings. The number of thioether (sulfide) groups is 1. The number of aliphatic hydroxyl groups excluding tert-OH is 1. The lowest BCUT2D eigenvalue weighted by Gasteiger charge is -2.37. The van der Waals surface area contributed by atoms with E-state index in [0.29, 0.717) is 23.6 Å². The van der Waals surface area contributed by atoms with Crippen molar-refractivity contribution in [2.75, 3.05) is 31.2 Å². The van der Waals surface area contributed by atoms with Gasteiger partial charge in [-0.1, -0.05) is 29.8 Å². The van der Waals surface area contributed by atoms with E-state index in [0.717, 1.165) is 6.42 Å². The van der Waals surface area contributed by atoms with Gasteiger partial charge in [0.2, 0.25) is 5.91 Å². The van der Waals surface area contributed by atoms with Crippen LogP contribution in [0.3, 0.4) is 0 Å². The molecule has 4 rings (SSSR count). The monoisotopic (exact) mass is 506 g/mol. The largest absolute Gasteiger partial charge is 0.466 e. The third-order valence-corrected chi connectivity index (χ3v) is 9.63. The molecular formula is C25H31ClN2O5S. The van der Waals surface area contributed by atoms with Gasteiger partial charge in [0.25, 0.3) is 5.91 Å². The number of aliphatic hydroxyl groups is 1. The van der Waals surface area contributed by atoms with Crippen molar-refractivity contribution < 1.29 is 24.2 Å². The van der Waals surface area contributed by atoms with Gasteiger partial charge in [0.05, 0.1) is 33.9 Å². The predicted molar refractivity (Wildman–Crippen MR) is 133 cm³/mol. The zero-order valence-corrected chi connectivity index (χ0v) is 21.1. The van der Waals surface area contributed by atoms with Crippen molar-refractivity contribution in [3.8, 4) is 0 Å². The van der Waals surface area contributed by atoms with Crippen LogP contribution in [0.1, 0.15) is 33.1 Å². The molecule has 184 valence electrons. The summed E-state index contributed by atoms with van der Waals surface area (Å²) in [6.07, 6.45) is 3.35. The average molecular weight is 507 g/mol. The number of benzene rings is 1. The minimum atomic E-state index is -0.779. The number of amides is 2. The summed E-state index contributed by atoms with van der Waals surface area (Å²) < 4.78 is 4.18. The van der Waals surface area contributed by atoms with Crippen LogP contribution in [0.2, 0.25) is 5.02 Å². The van der Waals surface area contributed by atoms with Crippen LogP contribution in [-0.4, -0.2) is 69.6 Å². The summed E-state index contributed by atoms with van der Waals surface area (Å²) in [7, 11) is 0. The van der Waals surface area contributed by atoms with Gasteiger partial charge < -0.3 is 19.6 Å². The first-order valence-electron chi connectivity index (χ1n) is 11.7. The third-order valence-electron chi connectivity index (χ3n) is 7.33. The predicted octanol–water partition coefficient (Wildman–Crippen LogP) is 3.29. The molecule has 0 aliphatic carbocycles. The van der Waals surface area contributed by atoms with E-state index in [2.05, 4.69) is 6.58 Å². The molecule has 7 nitrogen and oxygen atoms in total. The van der Waals surface area contributed by atoms with E-state index < -0.39 is 27.4 Å². The zero-order valence-electron chi connectivity index (χ0n) is 19.5. The Morgan fingerprint density at radius 3 is 2.76 bits per heavy atom. The van der Waals surface area contributed by atoms with Crippen molar-refractivity contribution in [2.45, 2.75) is 48.6 Å². The number of carbonyl (C=O) groups excluding carboxylic acids is 3. The lowest BCUT2D eigenvalue weighted by Crippen LogP contribution is -2.55. The molecule has 3 aliphatic rings. The number of hydrogen-bond donors (Lipinski definition) is 1. The normalized spacial score (nSPS) is 31.5. The van der Waals surface area contributed by atoms with E-state index in [9.17, 15) is 19.5 Å². The van der Waals surface area contributed by atoms with Gasteiger partial charge in [-0.15, -0.1) is 18.3 Å². The van der Waals surface area contributed by atoms with Crippen molar-refractivity contribution in [2.24, 2.45) is 11.8 Å². The minimum Gasteiger partial charge on any atom is -0.466 e. The summed E-state index contributed by atoms with van der Waals surface area (Å²) >= 11 is 8.05. The topological polar surface area (TPSA) is 87.2 Å². The number of carbonyl (C=O) groups is 3. The maximum absolute atomic E-state index is 14.3. The van der Waals surface area contributed by atoms with Crippen LogP contribution >= 0.6 is 23.4 Å². The second-order valence-corrected chi connectivity index (χ2v) is 11.6. The first-order valence-corrected chi connectivity index (χ1v) is 12.9. The highest BCUT2D eigenvalue weighted by Gasteiger charge is 2.77. The molecule has 2 bridgehead atoms. The van der Waals surface area contributed by atoms with Crippen LogP contribution in [0.4, 0.5) is 5.69 Å². The van der Waals surface area contributed by atoms with Crippen LogP contribution in [0.25, 0.3) is 0 Å². The third kappa shape index (κ3) is 3.74. The van der Waals surface area contributed by atoms with Crippen LogP contribution in [-0.2, 0) is 19.1 Å². The molecule has 2 amide bonds. The maximum atomic E-state index is 14.3. The van der Waals surface area contributed by atoms with Crippen LogP contribution in [0.15, 0.2) is 36.9 Å². The first kappa shape index (κ1) is 25.1. The van der Waals surface area contributed by atoms with Gasteiger partial charge in [-0.3, -0.25) is 14.4 Å². The van der Waals surface area contributed by atoms with Crippen molar-refractivity contribution in [3.63, 3.8) is 0 Å². The number of rotatable bonds is 9. The van der Waals surface area contributed by atoms with Gasteiger partial charge in [-0.05, 0) is 45.2 Å². The molecule has 1 N–H and O–H groups in total. The van der Waals surface area contributed by atoms with Gasteiger partial charge in [0.15, 0.2) is 0 Å². The van der Waals surface area contributed by atoms with E-state index in [1.807, 2.05) is 13.0 Å². The van der Waals surface area contributed by atoms with Gasteiger partial charge in [-0.2, -0.15) is 0 Å². The van der Waals surface area contributed by atoms with Gasteiger partial charge in [0.1, 0.15) is 6.04 Å². The molecule has 0 aromatic heterocycles. The number of nitrogens with zero attached hydrogens (tertiary/aromatic N) is 2. The summed E-state index contributed by atoms with van der Waals surface area (Å²) in [5.74, 6) is -2.08. The minimum absolute atomic E-state index is 0.102. The van der Waals surface area contributed by atoms with E-state index >= 15 is 0 Å². The number of anilines is 1. The number of fused-ring (bicyclic) bond motifs is 1. The van der Waals surface area contributed by atoms with Crippen LogP contribution in [0, 0.1) is 11.8 Å². The molecule has 2 unspecified atom stereocenters. The molecular weight excluding hydrogens is 476 g/mol. The van der Waals surface area contributed by atoms with Gasteiger partial charge >= 0.3 is 5.97 Å². The lowest BCUT2D eigenvalue weighted by molar-refractivity contribution is -0.155. The van der Waals surface area contributed by atoms with Crippen molar-refractivity contribution in [1.29, 1.82) is 0 Å². The Kier molecular flexibility index (Phi) is 7.04. The lowest BCUT2D eigenvalue weighted by atomic mass is 9.66. The highest BCUT2D eigenvalue weighted by molar-refractivity contribution is 8.02. The number of hydrogen-bond acceptors (Lipinski definition) is 6. The molecule has 1 spiro atoms. The summed E-state index contributed by atoms with van der Waals surface area (Å²) in [4.78, 5) is 44.3. The zero-order chi connectivity index (χ0) is 24.7. The Morgan fingerprint density at radius 1 is 1.38 bits per heavy atom. The summed E-state index contributed by atoms with van der Waals surface area (Å²) in [6, 6.07) is 6.32. The van der Waals surface area contributed by atoms with Gasteiger partial charge in [0, 0.05) is 24.4 Å². The van der Waals surface area contributed by atoms with Crippen molar-refractivity contribution >= 4 is 46.8 Å². The first-order chi connectivity index (χ1) is 16.3. The summed E-state index contributed by atoms with van der Waals surface area (Å²) in [5.41, 5.74) is 0.550. The molecule has 1 aromatic carbocycles. The summed E-state index contributed by atoms with van der Waals surface area (Å²) in [6.45, 7) is 8.17. The second kappa shape index (κ2) is 9.55. The molecule has 9 heteroatoms. The number of ether oxygens (including phenoxy) is 1. The second-order valence-electron chi connectivity index (χ2n) is 9.28. The fraction of sp³-hybridized carbons (Fsp3) is 0.560. The van der Waals surface area contributed by atoms with E-state index in [1.54, 1.807) is 52.8 Å². The Balaban J connectivity index is 1.80. The summed E-state index contributed by atoms with van der Waals surface area (Å²) in [5, 5.41) is 9.91. The molecule has 3 fully saturated rings. The highest BCUT2D eigenvalue weighted by atomic mass is 35.5. The van der Waals surface area contributed by atoms with E-state index in [4.69, 9.17) is 16.3 Å². The fourth-order valence-corrected chi connectivity index (χ4v) is 8.61. The molecule has 3 heterocycles. The van der Waals surface area contributed by atoms with E-state index in [1.165, 1.54) is 0 Å². The number of para-hydroxylation sites is 1. The Hall–Kier alpha value is -2.03.